The molecular weight excluding hydrogens is 300 g/mol. The van der Waals surface area contributed by atoms with Crippen LogP contribution in [0.2, 0.25) is 5.02 Å². The second kappa shape index (κ2) is 6.57. The summed E-state index contributed by atoms with van der Waals surface area (Å²) in [5.74, 6) is 1.02. The van der Waals surface area contributed by atoms with Crippen LogP contribution >= 0.6 is 11.6 Å². The predicted molar refractivity (Wildman–Crippen MR) is 86.6 cm³/mol. The lowest BCUT2D eigenvalue weighted by molar-refractivity contribution is -0.121. The number of amides is 1. The zero-order chi connectivity index (χ0) is 15.7. The maximum Gasteiger partial charge on any atom is 0.217 e. The first-order valence-corrected chi connectivity index (χ1v) is 8.31. The van der Waals surface area contributed by atoms with Gasteiger partial charge in [-0.25, -0.2) is 0 Å². The third-order valence-electron chi connectivity index (χ3n) is 4.90. The Morgan fingerprint density at radius 2 is 2.09 bits per heavy atom. The molecule has 1 aromatic rings. The van der Waals surface area contributed by atoms with E-state index in [9.17, 15) is 9.90 Å². The van der Waals surface area contributed by atoms with E-state index >= 15 is 0 Å². The third kappa shape index (κ3) is 3.62. The number of nitrogens with zero attached hydrogens (tertiary/aromatic N) is 1. The van der Waals surface area contributed by atoms with Crippen LogP contribution in [0.3, 0.4) is 0 Å². The molecule has 1 aliphatic carbocycles. The van der Waals surface area contributed by atoms with Crippen LogP contribution in [0.4, 0.5) is 0 Å². The first-order chi connectivity index (χ1) is 10.5. The summed E-state index contributed by atoms with van der Waals surface area (Å²) in [5.41, 5.74) is 1.23. The molecule has 4 atom stereocenters. The van der Waals surface area contributed by atoms with Crippen molar-refractivity contribution >= 4 is 17.5 Å². The molecule has 2 N–H and O–H groups in total. The number of fused-ring (bicyclic) bond motifs is 1. The fourth-order valence-electron chi connectivity index (χ4n) is 3.97. The van der Waals surface area contributed by atoms with E-state index in [1.165, 1.54) is 12.5 Å². The Labute approximate surface area is 136 Å². The Bertz CT molecular complexity index is 551. The van der Waals surface area contributed by atoms with Crippen molar-refractivity contribution < 1.29 is 9.90 Å². The quantitative estimate of drug-likeness (QED) is 0.895. The number of halogens is 1. The standard InChI is InChI=1S/C17H23ClN2O2/c1-11(21)19-16-6-13-9-20(10-14(13)7-17(16)22)8-12-3-2-4-15(18)5-12/h2-5,13-14,16-17,22H,6-10H2,1H3,(H,19,21)/t13-,14+,16-,17-/m1/s1. The van der Waals surface area contributed by atoms with Crippen LogP contribution in [0.15, 0.2) is 24.3 Å². The molecule has 2 fully saturated rings. The summed E-state index contributed by atoms with van der Waals surface area (Å²) >= 11 is 6.05. The Hall–Kier alpha value is -1.10. The minimum atomic E-state index is -0.420. The maximum atomic E-state index is 11.2. The number of benzene rings is 1. The molecule has 1 saturated heterocycles. The third-order valence-corrected chi connectivity index (χ3v) is 5.14. The SMILES string of the molecule is CC(=O)N[C@@H]1C[C@@H]2CN(Cc3cccc(Cl)c3)C[C@@H]2C[C@H]1O. The first-order valence-electron chi connectivity index (χ1n) is 7.93. The van der Waals surface area contributed by atoms with Gasteiger partial charge in [0.2, 0.25) is 5.91 Å². The van der Waals surface area contributed by atoms with Crippen molar-refractivity contribution in [1.82, 2.24) is 10.2 Å². The Balaban J connectivity index is 1.60. The van der Waals surface area contributed by atoms with Crippen molar-refractivity contribution in [1.29, 1.82) is 0 Å². The van der Waals surface area contributed by atoms with E-state index in [4.69, 9.17) is 11.6 Å². The minimum Gasteiger partial charge on any atom is -0.391 e. The summed E-state index contributed by atoms with van der Waals surface area (Å²) in [7, 11) is 0. The first kappa shape index (κ1) is 15.8. The Kier molecular flexibility index (Phi) is 4.71. The highest BCUT2D eigenvalue weighted by molar-refractivity contribution is 6.30. The van der Waals surface area contributed by atoms with Gasteiger partial charge >= 0.3 is 0 Å². The van der Waals surface area contributed by atoms with E-state index in [0.717, 1.165) is 37.5 Å². The molecule has 1 heterocycles. The van der Waals surface area contributed by atoms with Crippen molar-refractivity contribution in [3.63, 3.8) is 0 Å². The summed E-state index contributed by atoms with van der Waals surface area (Å²) in [6.45, 7) is 4.45. The smallest absolute Gasteiger partial charge is 0.217 e. The van der Waals surface area contributed by atoms with Crippen molar-refractivity contribution in [2.75, 3.05) is 13.1 Å². The Morgan fingerprint density at radius 3 is 2.77 bits per heavy atom. The molecule has 1 aromatic carbocycles. The molecule has 1 aliphatic heterocycles. The van der Waals surface area contributed by atoms with Gasteiger partial charge in [-0.3, -0.25) is 9.69 Å². The summed E-state index contributed by atoms with van der Waals surface area (Å²) in [6.07, 6.45) is 1.23. The Morgan fingerprint density at radius 1 is 1.36 bits per heavy atom. The van der Waals surface area contributed by atoms with Gasteiger partial charge in [0, 0.05) is 31.6 Å². The molecular formula is C17H23ClN2O2. The summed E-state index contributed by atoms with van der Waals surface area (Å²) in [5, 5.41) is 13.9. The minimum absolute atomic E-state index is 0.0590. The maximum absolute atomic E-state index is 11.2. The molecule has 5 heteroatoms. The number of likely N-dealkylation sites (tertiary alicyclic amines) is 1. The molecule has 1 amide bonds. The van der Waals surface area contributed by atoms with E-state index in [0.29, 0.717) is 11.8 Å². The molecule has 2 aliphatic rings. The van der Waals surface area contributed by atoms with Gasteiger partial charge in [0.25, 0.3) is 0 Å². The van der Waals surface area contributed by atoms with Gasteiger partial charge in [-0.1, -0.05) is 23.7 Å². The normalized spacial score (nSPS) is 31.8. The van der Waals surface area contributed by atoms with Gasteiger partial charge in [-0.15, -0.1) is 0 Å². The van der Waals surface area contributed by atoms with E-state index in [1.54, 1.807) is 0 Å². The average molecular weight is 323 g/mol. The fourth-order valence-corrected chi connectivity index (χ4v) is 4.18. The van der Waals surface area contributed by atoms with E-state index < -0.39 is 6.10 Å². The number of aliphatic hydroxyl groups is 1. The molecule has 4 nitrogen and oxygen atoms in total. The number of rotatable bonds is 3. The zero-order valence-corrected chi connectivity index (χ0v) is 13.6. The van der Waals surface area contributed by atoms with Crippen LogP contribution in [-0.2, 0) is 11.3 Å². The second-order valence-electron chi connectivity index (χ2n) is 6.69. The lowest BCUT2D eigenvalue weighted by atomic mass is 9.77. The van der Waals surface area contributed by atoms with Crippen LogP contribution < -0.4 is 5.32 Å². The predicted octanol–water partition coefficient (Wildman–Crippen LogP) is 2.05. The molecule has 1 saturated carbocycles. The number of nitrogens with one attached hydrogen (secondary N) is 1. The van der Waals surface area contributed by atoms with Crippen LogP contribution in [0.5, 0.6) is 0 Å². The van der Waals surface area contributed by atoms with Gasteiger partial charge in [-0.2, -0.15) is 0 Å². The lowest BCUT2D eigenvalue weighted by Gasteiger charge is -2.35. The zero-order valence-electron chi connectivity index (χ0n) is 12.8. The van der Waals surface area contributed by atoms with Gasteiger partial charge in [0.05, 0.1) is 12.1 Å². The van der Waals surface area contributed by atoms with Crippen molar-refractivity contribution in [3.05, 3.63) is 34.9 Å². The van der Waals surface area contributed by atoms with Crippen LogP contribution in [0, 0.1) is 11.8 Å². The monoisotopic (exact) mass is 322 g/mol. The summed E-state index contributed by atoms with van der Waals surface area (Å²) in [4.78, 5) is 13.7. The lowest BCUT2D eigenvalue weighted by Crippen LogP contribution is -2.48. The number of hydrogen-bond donors (Lipinski definition) is 2. The van der Waals surface area contributed by atoms with Crippen molar-refractivity contribution in [3.8, 4) is 0 Å². The second-order valence-corrected chi connectivity index (χ2v) is 7.13. The van der Waals surface area contributed by atoms with E-state index in [1.807, 2.05) is 18.2 Å². The van der Waals surface area contributed by atoms with Crippen LogP contribution in [0.1, 0.15) is 25.3 Å². The largest absolute Gasteiger partial charge is 0.391 e. The molecule has 22 heavy (non-hydrogen) atoms. The highest BCUT2D eigenvalue weighted by atomic mass is 35.5. The van der Waals surface area contributed by atoms with E-state index in [-0.39, 0.29) is 11.9 Å². The molecule has 0 radical (unpaired) electrons. The summed E-state index contributed by atoms with van der Waals surface area (Å²) < 4.78 is 0. The molecule has 0 spiro atoms. The average Bonchev–Trinajstić information content (AvgIpc) is 2.79. The van der Waals surface area contributed by atoms with Crippen LogP contribution in [0.25, 0.3) is 0 Å². The number of carbonyl (C=O) groups excluding carboxylic acids is 1. The van der Waals surface area contributed by atoms with Crippen molar-refractivity contribution in [2.24, 2.45) is 11.8 Å². The molecule has 0 bridgehead atoms. The number of hydrogen-bond acceptors (Lipinski definition) is 3. The highest BCUT2D eigenvalue weighted by Gasteiger charge is 2.41. The topological polar surface area (TPSA) is 52.6 Å². The van der Waals surface area contributed by atoms with Gasteiger partial charge in [-0.05, 0) is 42.4 Å². The number of carbonyl (C=O) groups is 1. The van der Waals surface area contributed by atoms with Gasteiger partial charge in [0.1, 0.15) is 0 Å². The highest BCUT2D eigenvalue weighted by Crippen LogP contribution is 2.37. The molecule has 0 aromatic heterocycles. The molecule has 0 unspecified atom stereocenters. The molecule has 3 rings (SSSR count). The van der Waals surface area contributed by atoms with Gasteiger partial charge < -0.3 is 10.4 Å². The van der Waals surface area contributed by atoms with Crippen molar-refractivity contribution in [2.45, 2.75) is 38.5 Å². The van der Waals surface area contributed by atoms with Gasteiger partial charge in [0.15, 0.2) is 0 Å². The molecule has 120 valence electrons. The summed E-state index contributed by atoms with van der Waals surface area (Å²) in [6, 6.07) is 7.90. The number of aliphatic hydroxyl groups excluding tert-OH is 1. The van der Waals surface area contributed by atoms with E-state index in [2.05, 4.69) is 16.3 Å². The fraction of sp³-hybridized carbons (Fsp3) is 0.588. The van der Waals surface area contributed by atoms with Crippen LogP contribution in [-0.4, -0.2) is 41.1 Å².